The van der Waals surface area contributed by atoms with Crippen LogP contribution in [0.1, 0.15) is 13.8 Å². The Morgan fingerprint density at radius 1 is 0.339 bits per heavy atom. The fourth-order valence-corrected chi connectivity index (χ4v) is 9.91. The van der Waals surface area contributed by atoms with Gasteiger partial charge in [-0.3, -0.25) is 4.57 Å². The Kier molecular flexibility index (Phi) is 9.44. The van der Waals surface area contributed by atoms with Crippen molar-refractivity contribution in [2.45, 2.75) is 13.8 Å². The Morgan fingerprint density at radius 2 is 0.823 bits per heavy atom. The van der Waals surface area contributed by atoms with Crippen molar-refractivity contribution in [1.29, 1.82) is 0 Å². The summed E-state index contributed by atoms with van der Waals surface area (Å²) in [5, 5.41) is 7.16. The summed E-state index contributed by atoms with van der Waals surface area (Å²) in [4.78, 5) is 16.0. The fourth-order valence-electron chi connectivity index (χ4n) is 8.76. The van der Waals surface area contributed by atoms with E-state index in [2.05, 4.69) is 199 Å². The van der Waals surface area contributed by atoms with E-state index in [0.717, 1.165) is 77.1 Å². The lowest BCUT2D eigenvalue weighted by molar-refractivity contribution is 0.955. The molecule has 0 aliphatic rings. The summed E-state index contributed by atoms with van der Waals surface area (Å²) in [6.45, 7) is 4.00. The molecule has 5 heteroatoms. The van der Waals surface area contributed by atoms with Gasteiger partial charge >= 0.3 is 0 Å². The number of thiophene rings is 1. The smallest absolute Gasteiger partial charge is 0.238 e. The van der Waals surface area contributed by atoms with Gasteiger partial charge in [-0.15, -0.1) is 11.3 Å². The summed E-state index contributed by atoms with van der Waals surface area (Å²) in [5.41, 5.74) is 10.8. The molecule has 3 heterocycles. The average Bonchev–Trinajstić information content (AvgIpc) is 3.91. The first-order valence-electron chi connectivity index (χ1n) is 21.2. The molecule has 0 saturated heterocycles. The topological polar surface area (TPSA) is 43.6 Å². The van der Waals surface area contributed by atoms with E-state index in [-0.39, 0.29) is 0 Å². The van der Waals surface area contributed by atoms with Crippen LogP contribution in [0.5, 0.6) is 0 Å². The predicted molar refractivity (Wildman–Crippen MR) is 263 cm³/mol. The highest BCUT2D eigenvalue weighted by atomic mass is 32.1. The molecule has 4 nitrogen and oxygen atoms in total. The van der Waals surface area contributed by atoms with Crippen LogP contribution in [-0.4, -0.2) is 19.5 Å². The van der Waals surface area contributed by atoms with Gasteiger partial charge in [-0.1, -0.05) is 208 Å². The van der Waals surface area contributed by atoms with Crippen molar-refractivity contribution >= 4 is 64.1 Å². The van der Waals surface area contributed by atoms with Crippen LogP contribution in [0.15, 0.2) is 206 Å². The van der Waals surface area contributed by atoms with Crippen molar-refractivity contribution in [3.05, 3.63) is 206 Å². The number of fused-ring (bicyclic) bond motifs is 8. The van der Waals surface area contributed by atoms with Gasteiger partial charge in [0.1, 0.15) is 0 Å². The fraction of sp³-hybridized carbons (Fsp3) is 0.0351. The minimum atomic E-state index is 0.570. The van der Waals surface area contributed by atoms with Crippen LogP contribution < -0.4 is 0 Å². The molecule has 294 valence electrons. The first-order valence-corrected chi connectivity index (χ1v) is 22.0. The maximum Gasteiger partial charge on any atom is 0.238 e. The first kappa shape index (κ1) is 37.3. The molecule has 0 aliphatic carbocycles. The van der Waals surface area contributed by atoms with E-state index in [1.165, 1.54) is 20.2 Å². The molecule has 0 unspecified atom stereocenters. The summed E-state index contributed by atoms with van der Waals surface area (Å²) < 4.78 is 4.85. The molecule has 9 aromatic carbocycles. The van der Waals surface area contributed by atoms with Crippen molar-refractivity contribution in [2.24, 2.45) is 0 Å². The van der Waals surface area contributed by atoms with E-state index in [1.807, 2.05) is 37.3 Å². The van der Waals surface area contributed by atoms with E-state index in [4.69, 9.17) is 15.0 Å². The quantitative estimate of drug-likeness (QED) is 0.168. The van der Waals surface area contributed by atoms with Crippen molar-refractivity contribution in [3.63, 3.8) is 0 Å². The Hall–Kier alpha value is -7.73. The van der Waals surface area contributed by atoms with E-state index >= 15 is 0 Å². The zero-order valence-corrected chi connectivity index (χ0v) is 35.1. The number of aromatic nitrogens is 4. The van der Waals surface area contributed by atoms with E-state index in [9.17, 15) is 0 Å². The van der Waals surface area contributed by atoms with E-state index in [1.54, 1.807) is 0 Å². The molecule has 3 aromatic heterocycles. The summed E-state index contributed by atoms with van der Waals surface area (Å²) in [6.07, 6.45) is 0. The number of hydrogen-bond donors (Lipinski definition) is 0. The van der Waals surface area contributed by atoms with Crippen LogP contribution in [0, 0.1) is 0 Å². The largest absolute Gasteiger partial charge is 0.277 e. The second kappa shape index (κ2) is 15.7. The molecule has 12 rings (SSSR count). The van der Waals surface area contributed by atoms with Crippen LogP contribution in [0.4, 0.5) is 0 Å². The Bertz CT molecular complexity index is 3470. The van der Waals surface area contributed by atoms with E-state index < -0.39 is 0 Å². The molecule has 62 heavy (non-hydrogen) atoms. The van der Waals surface area contributed by atoms with Crippen LogP contribution >= 0.6 is 11.3 Å². The second-order valence-corrected chi connectivity index (χ2v) is 16.3. The summed E-state index contributed by atoms with van der Waals surface area (Å²) in [6, 6.07) is 73.3. The van der Waals surface area contributed by atoms with E-state index in [0.29, 0.717) is 17.6 Å². The lowest BCUT2D eigenvalue weighted by Gasteiger charge is -2.14. The SMILES string of the molecule is CC.c1ccc(-c2ccc(-c3nc(-c4ccc(-c5ccccc5)cc4)nc(-n4c5c(-c6ccc7c(c6)sc6ccccc67)cccc5c5ccc6ccccc6c54)n3)cc2)cc1. The number of nitrogens with zero attached hydrogens (tertiary/aromatic N) is 4. The minimum Gasteiger partial charge on any atom is -0.277 e. The Morgan fingerprint density at radius 3 is 1.48 bits per heavy atom. The number of hydrogen-bond acceptors (Lipinski definition) is 4. The number of benzene rings is 9. The van der Waals surface area contributed by atoms with Gasteiger partial charge in [0.05, 0.1) is 11.0 Å². The van der Waals surface area contributed by atoms with Crippen molar-refractivity contribution in [2.75, 3.05) is 0 Å². The molecule has 0 aliphatic heterocycles. The first-order chi connectivity index (χ1) is 30.7. The number of rotatable bonds is 6. The highest BCUT2D eigenvalue weighted by Gasteiger charge is 2.22. The molecule has 0 fully saturated rings. The molecule has 0 atom stereocenters. The molecular weight excluding hydrogens is 773 g/mol. The minimum absolute atomic E-state index is 0.570. The van der Waals surface area contributed by atoms with Crippen LogP contribution in [0.2, 0.25) is 0 Å². The standard InChI is InChI=1S/C55H34N4S.C2H6/c1-3-12-35(13-4-1)37-22-26-40(27-23-37)53-56-54(41-28-24-38(25-29-41)36-14-5-2-6-15-36)58-55(57-53)59-51-43-17-8-7-16-39(43)30-33-48(51)47-20-11-19-44(52(47)59)42-31-32-46-45-18-9-10-21-49(45)60-50(46)34-42;1-2/h1-34H;1-2H3. The maximum absolute atomic E-state index is 5.40. The second-order valence-electron chi connectivity index (χ2n) is 15.2. The number of para-hydroxylation sites is 1. The van der Waals surface area contributed by atoms with Gasteiger partial charge in [0, 0.05) is 53.0 Å². The van der Waals surface area contributed by atoms with Gasteiger partial charge in [0.2, 0.25) is 5.95 Å². The molecule has 0 amide bonds. The van der Waals surface area contributed by atoms with Crippen molar-refractivity contribution in [3.8, 4) is 62.1 Å². The normalized spacial score (nSPS) is 11.4. The summed E-state index contributed by atoms with van der Waals surface area (Å²) in [5.74, 6) is 1.79. The molecule has 0 spiro atoms. The Balaban J connectivity index is 0.00000213. The lowest BCUT2D eigenvalue weighted by atomic mass is 10.00. The average molecular weight is 813 g/mol. The zero-order valence-electron chi connectivity index (χ0n) is 34.3. The van der Waals surface area contributed by atoms with Crippen molar-refractivity contribution in [1.82, 2.24) is 19.5 Å². The molecule has 0 saturated carbocycles. The third kappa shape index (κ3) is 6.42. The highest BCUT2D eigenvalue weighted by molar-refractivity contribution is 7.25. The van der Waals surface area contributed by atoms with Crippen molar-refractivity contribution < 1.29 is 0 Å². The third-order valence-electron chi connectivity index (χ3n) is 11.7. The molecular formula is C57H40N4S. The van der Waals surface area contributed by atoms with Crippen LogP contribution in [0.25, 0.3) is 115 Å². The van der Waals surface area contributed by atoms with Crippen LogP contribution in [0.3, 0.4) is 0 Å². The molecule has 0 radical (unpaired) electrons. The highest BCUT2D eigenvalue weighted by Crippen LogP contribution is 2.43. The Labute approximate surface area is 364 Å². The lowest BCUT2D eigenvalue weighted by Crippen LogP contribution is -2.07. The summed E-state index contributed by atoms with van der Waals surface area (Å²) >= 11 is 1.84. The maximum atomic E-state index is 5.40. The zero-order chi connectivity index (χ0) is 41.6. The monoisotopic (exact) mass is 812 g/mol. The van der Waals surface area contributed by atoms with Gasteiger partial charge in [-0.25, -0.2) is 4.98 Å². The van der Waals surface area contributed by atoms with Gasteiger partial charge in [0.15, 0.2) is 11.6 Å². The van der Waals surface area contributed by atoms with Gasteiger partial charge in [-0.05, 0) is 45.3 Å². The van der Waals surface area contributed by atoms with Gasteiger partial charge in [-0.2, -0.15) is 9.97 Å². The van der Waals surface area contributed by atoms with Gasteiger partial charge in [0.25, 0.3) is 0 Å². The summed E-state index contributed by atoms with van der Waals surface area (Å²) in [7, 11) is 0. The predicted octanol–water partition coefficient (Wildman–Crippen LogP) is 15.9. The molecule has 0 bridgehead atoms. The van der Waals surface area contributed by atoms with Gasteiger partial charge < -0.3 is 0 Å². The molecule has 12 aromatic rings. The third-order valence-corrected chi connectivity index (χ3v) is 12.8. The molecule has 0 N–H and O–H groups in total. The van der Waals surface area contributed by atoms with Crippen LogP contribution in [-0.2, 0) is 0 Å².